The summed E-state index contributed by atoms with van der Waals surface area (Å²) in [4.78, 5) is 28.6. The molecule has 1 saturated heterocycles. The van der Waals surface area contributed by atoms with Gasteiger partial charge in [0.25, 0.3) is 0 Å². The van der Waals surface area contributed by atoms with Crippen LogP contribution in [0.25, 0.3) is 0 Å². The maximum Gasteiger partial charge on any atom is 0.321 e. The van der Waals surface area contributed by atoms with E-state index in [1.165, 1.54) is 22.6 Å². The molecule has 0 saturated carbocycles. The summed E-state index contributed by atoms with van der Waals surface area (Å²) in [6, 6.07) is -0.931. The molecule has 0 spiro atoms. The molecule has 1 aliphatic carbocycles. The number of ether oxygens (including phenoxy) is 1. The topological polar surface area (TPSA) is 101 Å². The number of aliphatic carboxylic acids is 1. The predicted octanol–water partition coefficient (Wildman–Crippen LogP) is 1.24. The molecule has 1 fully saturated rings. The van der Waals surface area contributed by atoms with E-state index in [0.717, 1.165) is 25.0 Å². The minimum Gasteiger partial charge on any atom is -0.481 e. The van der Waals surface area contributed by atoms with Gasteiger partial charge < -0.3 is 15.2 Å². The number of hydrogen-bond donors (Lipinski definition) is 3. The maximum atomic E-state index is 11.9. The number of aromatic nitrogens is 1. The minimum atomic E-state index is -0.956. The number of anilines is 1. The Labute approximate surface area is 125 Å². The van der Waals surface area contributed by atoms with E-state index < -0.39 is 24.0 Å². The van der Waals surface area contributed by atoms with Crippen molar-refractivity contribution in [3.63, 3.8) is 0 Å². The second kappa shape index (κ2) is 5.98. The van der Waals surface area contributed by atoms with Crippen molar-refractivity contribution in [1.82, 2.24) is 10.3 Å². The number of aryl methyl sites for hydroxylation is 2. The summed E-state index contributed by atoms with van der Waals surface area (Å²) in [7, 11) is 0. The molecule has 3 rings (SSSR count). The first kappa shape index (κ1) is 14.3. The van der Waals surface area contributed by atoms with Gasteiger partial charge in [-0.05, 0) is 25.7 Å². The van der Waals surface area contributed by atoms with Crippen LogP contribution in [-0.4, -0.2) is 41.3 Å². The number of carbonyl (C=O) groups is 2. The first-order chi connectivity index (χ1) is 10.1. The van der Waals surface area contributed by atoms with E-state index in [0.29, 0.717) is 5.13 Å². The molecule has 2 atom stereocenters. The van der Waals surface area contributed by atoms with Gasteiger partial charge in [-0.15, -0.1) is 11.3 Å². The smallest absolute Gasteiger partial charge is 0.321 e. The Balaban J connectivity index is 1.59. The average Bonchev–Trinajstić information content (AvgIpc) is 3.03. The van der Waals surface area contributed by atoms with Crippen molar-refractivity contribution >= 4 is 28.5 Å². The second-order valence-corrected chi connectivity index (χ2v) is 6.37. The van der Waals surface area contributed by atoms with E-state index in [4.69, 9.17) is 9.84 Å². The van der Waals surface area contributed by atoms with Gasteiger partial charge in [-0.25, -0.2) is 9.78 Å². The van der Waals surface area contributed by atoms with Crippen molar-refractivity contribution in [2.24, 2.45) is 5.92 Å². The molecule has 7 nitrogen and oxygen atoms in total. The van der Waals surface area contributed by atoms with Crippen LogP contribution in [0.3, 0.4) is 0 Å². The molecule has 1 aliphatic heterocycles. The number of nitrogens with zero attached hydrogens (tertiary/aromatic N) is 1. The summed E-state index contributed by atoms with van der Waals surface area (Å²) in [6.45, 7) is 0.352. The number of carbonyl (C=O) groups excluding carboxylic acids is 1. The van der Waals surface area contributed by atoms with Crippen LogP contribution >= 0.6 is 11.3 Å². The maximum absolute atomic E-state index is 11.9. The summed E-state index contributed by atoms with van der Waals surface area (Å²) in [5, 5.41) is 15.0. The Kier molecular flexibility index (Phi) is 4.07. The highest BCUT2D eigenvalue weighted by atomic mass is 32.1. The molecule has 2 unspecified atom stereocenters. The van der Waals surface area contributed by atoms with E-state index in [9.17, 15) is 9.59 Å². The SMILES string of the molecule is O=C(Nc1nc2c(s1)CCCC2)NC1COCC1C(=O)O. The quantitative estimate of drug-likeness (QED) is 0.780. The predicted molar refractivity (Wildman–Crippen MR) is 76.6 cm³/mol. The third-order valence-electron chi connectivity index (χ3n) is 3.78. The lowest BCUT2D eigenvalue weighted by Crippen LogP contribution is -2.44. The number of thiazole rings is 1. The standard InChI is InChI=1S/C13H17N3O4S/c17-11(18)7-5-20-6-9(7)14-12(19)16-13-15-8-3-1-2-4-10(8)21-13/h7,9H,1-6H2,(H,17,18)(H2,14,15,16,19). The third kappa shape index (κ3) is 3.16. The van der Waals surface area contributed by atoms with Crippen LogP contribution in [0.1, 0.15) is 23.4 Å². The van der Waals surface area contributed by atoms with Crippen molar-refractivity contribution < 1.29 is 19.4 Å². The summed E-state index contributed by atoms with van der Waals surface area (Å²) in [5.74, 6) is -1.65. The third-order valence-corrected chi connectivity index (χ3v) is 4.85. The number of hydrogen-bond acceptors (Lipinski definition) is 5. The Morgan fingerprint density at radius 1 is 1.29 bits per heavy atom. The van der Waals surface area contributed by atoms with Gasteiger partial charge in [0.15, 0.2) is 5.13 Å². The van der Waals surface area contributed by atoms with Crippen molar-refractivity contribution in [3.8, 4) is 0 Å². The molecule has 114 valence electrons. The van der Waals surface area contributed by atoms with Crippen LogP contribution in [0.4, 0.5) is 9.93 Å². The number of fused-ring (bicyclic) bond motifs is 1. The summed E-state index contributed by atoms with van der Waals surface area (Å²) < 4.78 is 5.11. The molecule has 1 aromatic rings. The largest absolute Gasteiger partial charge is 0.481 e. The van der Waals surface area contributed by atoms with E-state index in [1.54, 1.807) is 0 Å². The van der Waals surface area contributed by atoms with E-state index in [2.05, 4.69) is 15.6 Å². The van der Waals surface area contributed by atoms with Gasteiger partial charge in [0.05, 0.1) is 24.9 Å². The number of carboxylic acids is 1. The van der Waals surface area contributed by atoms with Crippen LogP contribution < -0.4 is 10.6 Å². The summed E-state index contributed by atoms with van der Waals surface area (Å²) in [6.07, 6.45) is 4.29. The minimum absolute atomic E-state index is 0.131. The van der Waals surface area contributed by atoms with Gasteiger partial charge in [-0.1, -0.05) is 0 Å². The number of nitrogens with one attached hydrogen (secondary N) is 2. The first-order valence-electron chi connectivity index (χ1n) is 7.00. The van der Waals surface area contributed by atoms with Crippen molar-refractivity contribution in [2.75, 3.05) is 18.5 Å². The van der Waals surface area contributed by atoms with E-state index >= 15 is 0 Å². The van der Waals surface area contributed by atoms with E-state index in [1.807, 2.05) is 0 Å². The molecule has 0 bridgehead atoms. The molecular weight excluding hydrogens is 294 g/mol. The van der Waals surface area contributed by atoms with Crippen molar-refractivity contribution in [3.05, 3.63) is 10.6 Å². The highest BCUT2D eigenvalue weighted by Crippen LogP contribution is 2.29. The average molecular weight is 311 g/mol. The molecule has 8 heteroatoms. The van der Waals surface area contributed by atoms with Crippen LogP contribution in [-0.2, 0) is 22.4 Å². The lowest BCUT2D eigenvalue weighted by molar-refractivity contribution is -0.142. The van der Waals surface area contributed by atoms with Gasteiger partial charge in [0.2, 0.25) is 0 Å². The number of carboxylic acid groups (broad SMARTS) is 1. The van der Waals surface area contributed by atoms with Crippen LogP contribution in [0, 0.1) is 5.92 Å². The monoisotopic (exact) mass is 311 g/mol. The highest BCUT2D eigenvalue weighted by molar-refractivity contribution is 7.15. The zero-order valence-electron chi connectivity index (χ0n) is 11.4. The Morgan fingerprint density at radius 2 is 2.10 bits per heavy atom. The van der Waals surface area contributed by atoms with Crippen LogP contribution in [0.15, 0.2) is 0 Å². The summed E-state index contributed by atoms with van der Waals surface area (Å²) >= 11 is 1.50. The zero-order chi connectivity index (χ0) is 14.8. The molecule has 3 N–H and O–H groups in total. The number of urea groups is 1. The molecular formula is C13H17N3O4S. The second-order valence-electron chi connectivity index (χ2n) is 5.28. The van der Waals surface area contributed by atoms with Crippen LogP contribution in [0.2, 0.25) is 0 Å². The van der Waals surface area contributed by atoms with Gasteiger partial charge in [0.1, 0.15) is 5.92 Å². The Hall–Kier alpha value is -1.67. The molecule has 2 aliphatic rings. The Morgan fingerprint density at radius 3 is 2.86 bits per heavy atom. The lowest BCUT2D eigenvalue weighted by Gasteiger charge is -2.15. The molecule has 0 radical (unpaired) electrons. The fraction of sp³-hybridized carbons (Fsp3) is 0.615. The number of rotatable bonds is 3. The van der Waals surface area contributed by atoms with Gasteiger partial charge >= 0.3 is 12.0 Å². The fourth-order valence-electron chi connectivity index (χ4n) is 2.65. The van der Waals surface area contributed by atoms with Gasteiger partial charge in [0, 0.05) is 4.88 Å². The molecule has 0 aromatic carbocycles. The lowest BCUT2D eigenvalue weighted by atomic mass is 10.0. The number of amides is 2. The zero-order valence-corrected chi connectivity index (χ0v) is 12.2. The summed E-state index contributed by atoms with van der Waals surface area (Å²) in [5.41, 5.74) is 1.08. The van der Waals surface area contributed by atoms with E-state index in [-0.39, 0.29) is 13.2 Å². The Bertz CT molecular complexity index is 536. The normalized spacial score (nSPS) is 24.4. The molecule has 21 heavy (non-hydrogen) atoms. The van der Waals surface area contributed by atoms with Crippen molar-refractivity contribution in [2.45, 2.75) is 31.7 Å². The first-order valence-corrected chi connectivity index (χ1v) is 7.82. The molecule has 1 aromatic heterocycles. The molecule has 2 heterocycles. The van der Waals surface area contributed by atoms with Gasteiger partial charge in [-0.2, -0.15) is 0 Å². The van der Waals surface area contributed by atoms with Crippen LogP contribution in [0.5, 0.6) is 0 Å². The highest BCUT2D eigenvalue weighted by Gasteiger charge is 2.35. The van der Waals surface area contributed by atoms with Gasteiger partial charge in [-0.3, -0.25) is 10.1 Å². The van der Waals surface area contributed by atoms with Crippen molar-refractivity contribution in [1.29, 1.82) is 0 Å². The molecule has 2 amide bonds. The fourth-order valence-corrected chi connectivity index (χ4v) is 3.69.